The van der Waals surface area contributed by atoms with Crippen LogP contribution >= 0.6 is 50.6 Å². The highest BCUT2D eigenvalue weighted by molar-refractivity contribution is 9.10. The quantitative estimate of drug-likeness (QED) is 0.400. The summed E-state index contributed by atoms with van der Waals surface area (Å²) in [5, 5.41) is 1.37. The van der Waals surface area contributed by atoms with Gasteiger partial charge >= 0.3 is 0 Å². The second kappa shape index (κ2) is 8.20. The van der Waals surface area contributed by atoms with Crippen molar-refractivity contribution in [2.24, 2.45) is 0 Å². The monoisotopic (exact) mass is 441 g/mol. The Bertz CT molecular complexity index is 854. The molecule has 2 N–H and O–H groups in total. The summed E-state index contributed by atoms with van der Waals surface area (Å²) in [7, 11) is 0. The van der Waals surface area contributed by atoms with Gasteiger partial charge in [0.05, 0.1) is 10.2 Å². The van der Waals surface area contributed by atoms with Gasteiger partial charge in [0, 0.05) is 26.6 Å². The molecule has 8 heteroatoms. The fraction of sp³-hybridized carbons (Fsp3) is 0.125. The number of anilines is 1. The molecule has 4 nitrogen and oxygen atoms in total. The number of thiazole rings is 1. The highest BCUT2D eigenvalue weighted by Gasteiger charge is 2.07. The molecule has 0 spiro atoms. The number of benzene rings is 2. The lowest BCUT2D eigenvalue weighted by Crippen LogP contribution is -2.29. The predicted molar refractivity (Wildman–Crippen MR) is 106 cm³/mol. The van der Waals surface area contributed by atoms with E-state index < -0.39 is 0 Å². The zero-order chi connectivity index (χ0) is 16.9. The van der Waals surface area contributed by atoms with Gasteiger partial charge in [-0.25, -0.2) is 4.98 Å². The Morgan fingerprint density at radius 3 is 2.79 bits per heavy atom. The molecule has 1 heterocycles. The van der Waals surface area contributed by atoms with E-state index in [9.17, 15) is 4.79 Å². The van der Waals surface area contributed by atoms with Crippen molar-refractivity contribution in [2.45, 2.75) is 11.3 Å². The summed E-state index contributed by atoms with van der Waals surface area (Å²) in [6.45, 7) is 0. The molecule has 0 aliphatic heterocycles. The van der Waals surface area contributed by atoms with Gasteiger partial charge in [0.25, 0.3) is 0 Å². The van der Waals surface area contributed by atoms with Crippen LogP contribution in [0, 0.1) is 0 Å². The van der Waals surface area contributed by atoms with Crippen LogP contribution in [0.5, 0.6) is 0 Å². The average Bonchev–Trinajstić information content (AvgIpc) is 2.99. The van der Waals surface area contributed by atoms with Crippen LogP contribution in [-0.4, -0.2) is 16.6 Å². The van der Waals surface area contributed by atoms with Gasteiger partial charge in [-0.1, -0.05) is 29.0 Å². The summed E-state index contributed by atoms with van der Waals surface area (Å²) in [4.78, 5) is 17.4. The van der Waals surface area contributed by atoms with Gasteiger partial charge in [-0.15, -0.1) is 11.8 Å². The largest absolute Gasteiger partial charge is 0.273 e. The Labute approximate surface area is 161 Å². The van der Waals surface area contributed by atoms with E-state index in [-0.39, 0.29) is 5.91 Å². The van der Waals surface area contributed by atoms with Crippen molar-refractivity contribution >= 4 is 71.9 Å². The summed E-state index contributed by atoms with van der Waals surface area (Å²) in [6.07, 6.45) is 0.412. The molecular weight excluding hydrogens is 430 g/mol. The minimum Gasteiger partial charge on any atom is -0.273 e. The number of nitrogens with zero attached hydrogens (tertiary/aromatic N) is 1. The Hall–Kier alpha value is -1.28. The first kappa shape index (κ1) is 17.5. The predicted octanol–water partition coefficient (Wildman–Crippen LogP) is 5.34. The molecule has 0 aliphatic carbocycles. The van der Waals surface area contributed by atoms with Crippen LogP contribution in [0.2, 0.25) is 5.02 Å². The van der Waals surface area contributed by atoms with Crippen molar-refractivity contribution in [3.63, 3.8) is 0 Å². The number of amides is 1. The topological polar surface area (TPSA) is 54.0 Å². The molecule has 0 saturated carbocycles. The molecule has 24 heavy (non-hydrogen) atoms. The van der Waals surface area contributed by atoms with E-state index in [1.54, 1.807) is 11.8 Å². The highest BCUT2D eigenvalue weighted by atomic mass is 79.9. The van der Waals surface area contributed by atoms with Gasteiger partial charge in [-0.3, -0.25) is 15.6 Å². The number of hydrazine groups is 1. The maximum atomic E-state index is 11.9. The van der Waals surface area contributed by atoms with Crippen molar-refractivity contribution in [2.75, 3.05) is 11.2 Å². The number of carbonyl (C=O) groups is 1. The van der Waals surface area contributed by atoms with Gasteiger partial charge in [-0.2, -0.15) is 0 Å². The number of carbonyl (C=O) groups excluding carboxylic acids is 1. The van der Waals surface area contributed by atoms with Crippen molar-refractivity contribution in [1.82, 2.24) is 10.4 Å². The normalized spacial score (nSPS) is 10.8. The van der Waals surface area contributed by atoms with Crippen molar-refractivity contribution < 1.29 is 4.79 Å². The van der Waals surface area contributed by atoms with Crippen LogP contribution < -0.4 is 10.9 Å². The van der Waals surface area contributed by atoms with Crippen molar-refractivity contribution in [1.29, 1.82) is 0 Å². The molecule has 3 aromatic rings. The second-order valence-corrected chi connectivity index (χ2v) is 8.32. The smallest absolute Gasteiger partial charge is 0.239 e. The zero-order valence-electron chi connectivity index (χ0n) is 12.4. The summed E-state index contributed by atoms with van der Waals surface area (Å²) >= 11 is 12.4. The Morgan fingerprint density at radius 1 is 1.25 bits per heavy atom. The number of rotatable bonds is 6. The molecule has 2 aromatic carbocycles. The Balaban J connectivity index is 1.46. The van der Waals surface area contributed by atoms with Crippen LogP contribution in [0.25, 0.3) is 10.2 Å². The fourth-order valence-corrected chi connectivity index (χ4v) is 4.36. The molecule has 1 amide bonds. The van der Waals surface area contributed by atoms with E-state index in [0.717, 1.165) is 19.6 Å². The van der Waals surface area contributed by atoms with E-state index in [1.807, 2.05) is 42.5 Å². The molecule has 3 rings (SSSR count). The van der Waals surface area contributed by atoms with Gasteiger partial charge in [0.2, 0.25) is 11.0 Å². The van der Waals surface area contributed by atoms with Gasteiger partial charge < -0.3 is 0 Å². The molecule has 0 atom stereocenters. The Morgan fingerprint density at radius 2 is 2.04 bits per heavy atom. The minimum atomic E-state index is -0.0743. The SMILES string of the molecule is O=C(CCSc1ccc(Cl)cc1)NNc1nc2c(Br)cccc2s1. The summed E-state index contributed by atoms with van der Waals surface area (Å²) in [6, 6.07) is 13.5. The number of nitrogens with one attached hydrogen (secondary N) is 2. The number of hydrogen-bond acceptors (Lipinski definition) is 5. The van der Waals surface area contributed by atoms with E-state index in [1.165, 1.54) is 11.3 Å². The van der Waals surface area contributed by atoms with Crippen LogP contribution in [-0.2, 0) is 4.79 Å². The Kier molecular flexibility index (Phi) is 5.99. The first-order valence-electron chi connectivity index (χ1n) is 7.10. The lowest BCUT2D eigenvalue weighted by Gasteiger charge is -2.05. The van der Waals surface area contributed by atoms with Crippen molar-refractivity contribution in [3.05, 3.63) is 52.0 Å². The summed E-state index contributed by atoms with van der Waals surface area (Å²) < 4.78 is 1.99. The third-order valence-electron chi connectivity index (χ3n) is 3.09. The maximum absolute atomic E-state index is 11.9. The molecule has 0 fully saturated rings. The lowest BCUT2D eigenvalue weighted by molar-refractivity contribution is -0.120. The van der Waals surface area contributed by atoms with E-state index in [2.05, 4.69) is 31.8 Å². The number of fused-ring (bicyclic) bond motifs is 1. The molecule has 0 bridgehead atoms. The van der Waals surface area contributed by atoms with E-state index in [4.69, 9.17) is 11.6 Å². The fourth-order valence-electron chi connectivity index (χ4n) is 1.95. The lowest BCUT2D eigenvalue weighted by atomic mass is 10.3. The van der Waals surface area contributed by atoms with Gasteiger partial charge in [0.15, 0.2) is 0 Å². The van der Waals surface area contributed by atoms with Gasteiger partial charge in [0.1, 0.15) is 0 Å². The number of aromatic nitrogens is 1. The number of hydrogen-bond donors (Lipinski definition) is 2. The molecule has 0 radical (unpaired) electrons. The number of para-hydroxylation sites is 1. The van der Waals surface area contributed by atoms with Gasteiger partial charge in [-0.05, 0) is 52.3 Å². The first-order valence-corrected chi connectivity index (χ1v) is 10.1. The zero-order valence-corrected chi connectivity index (χ0v) is 16.4. The van der Waals surface area contributed by atoms with Crippen LogP contribution in [0.15, 0.2) is 51.8 Å². The van der Waals surface area contributed by atoms with Crippen molar-refractivity contribution in [3.8, 4) is 0 Å². The van der Waals surface area contributed by atoms with Crippen LogP contribution in [0.3, 0.4) is 0 Å². The minimum absolute atomic E-state index is 0.0743. The third kappa shape index (κ3) is 4.63. The van der Waals surface area contributed by atoms with E-state index in [0.29, 0.717) is 22.3 Å². The first-order chi connectivity index (χ1) is 11.6. The molecular formula is C16H13BrClN3OS2. The second-order valence-electron chi connectivity index (χ2n) is 4.83. The van der Waals surface area contributed by atoms with Crippen LogP contribution in [0.1, 0.15) is 6.42 Å². The molecule has 0 saturated heterocycles. The third-order valence-corrected chi connectivity index (χ3v) is 5.93. The van der Waals surface area contributed by atoms with Crippen LogP contribution in [0.4, 0.5) is 5.13 Å². The summed E-state index contributed by atoms with van der Waals surface area (Å²) in [5.41, 5.74) is 6.45. The standard InChI is InChI=1S/C16H13BrClN3OS2/c17-12-2-1-3-13-15(12)19-16(24-13)21-20-14(22)8-9-23-11-6-4-10(18)5-7-11/h1-7H,8-9H2,(H,19,21)(H,20,22). The highest BCUT2D eigenvalue weighted by Crippen LogP contribution is 2.30. The summed E-state index contributed by atoms with van der Waals surface area (Å²) in [5.74, 6) is 0.621. The molecule has 124 valence electrons. The average molecular weight is 443 g/mol. The maximum Gasteiger partial charge on any atom is 0.239 e. The molecule has 1 aromatic heterocycles. The number of halogens is 2. The van der Waals surface area contributed by atoms with E-state index >= 15 is 0 Å². The molecule has 0 unspecified atom stereocenters. The molecule has 0 aliphatic rings. The number of thioether (sulfide) groups is 1.